The van der Waals surface area contributed by atoms with Crippen LogP contribution in [0.1, 0.15) is 21.5 Å². The van der Waals surface area contributed by atoms with E-state index in [1.165, 1.54) is 18.2 Å². The van der Waals surface area contributed by atoms with Gasteiger partial charge in [-0.05, 0) is 23.8 Å². The third-order valence-corrected chi connectivity index (χ3v) is 3.67. The SMILES string of the molecule is O=C(O)c1ccc(CNC(=O)C2Cc3cccc(F)c3O2)cc1. The number of ether oxygens (including phenoxy) is 1. The lowest BCUT2D eigenvalue weighted by Crippen LogP contribution is -2.37. The number of carbonyl (C=O) groups excluding carboxylic acids is 1. The van der Waals surface area contributed by atoms with Crippen LogP contribution in [0.2, 0.25) is 0 Å². The van der Waals surface area contributed by atoms with E-state index in [0.29, 0.717) is 12.0 Å². The zero-order valence-corrected chi connectivity index (χ0v) is 12.1. The number of halogens is 1. The molecule has 0 spiro atoms. The van der Waals surface area contributed by atoms with Crippen molar-refractivity contribution in [3.8, 4) is 5.75 Å². The fourth-order valence-corrected chi connectivity index (χ4v) is 2.44. The van der Waals surface area contributed by atoms with Crippen LogP contribution in [0.3, 0.4) is 0 Å². The molecule has 1 atom stereocenters. The van der Waals surface area contributed by atoms with Crippen LogP contribution >= 0.6 is 0 Å². The molecule has 2 aromatic carbocycles. The summed E-state index contributed by atoms with van der Waals surface area (Å²) in [4.78, 5) is 22.9. The van der Waals surface area contributed by atoms with E-state index in [0.717, 1.165) is 5.56 Å². The Hall–Kier alpha value is -2.89. The summed E-state index contributed by atoms with van der Waals surface area (Å²) >= 11 is 0. The van der Waals surface area contributed by atoms with Crippen molar-refractivity contribution in [2.45, 2.75) is 19.1 Å². The number of nitrogens with one attached hydrogen (secondary N) is 1. The quantitative estimate of drug-likeness (QED) is 0.906. The number of amides is 1. The molecule has 5 nitrogen and oxygen atoms in total. The summed E-state index contributed by atoms with van der Waals surface area (Å²) in [5, 5.41) is 11.5. The summed E-state index contributed by atoms with van der Waals surface area (Å²) in [6, 6.07) is 10.8. The second kappa shape index (κ2) is 6.08. The van der Waals surface area contributed by atoms with Crippen molar-refractivity contribution < 1.29 is 23.8 Å². The molecule has 0 aromatic heterocycles. The molecule has 0 aliphatic carbocycles. The van der Waals surface area contributed by atoms with Crippen molar-refractivity contribution in [3.05, 3.63) is 65.0 Å². The Morgan fingerprint density at radius 2 is 1.96 bits per heavy atom. The van der Waals surface area contributed by atoms with Crippen LogP contribution in [-0.2, 0) is 17.8 Å². The zero-order chi connectivity index (χ0) is 16.4. The smallest absolute Gasteiger partial charge is 0.335 e. The van der Waals surface area contributed by atoms with Crippen molar-refractivity contribution in [2.75, 3.05) is 0 Å². The molecule has 2 aromatic rings. The van der Waals surface area contributed by atoms with E-state index in [1.807, 2.05) is 0 Å². The van der Waals surface area contributed by atoms with Crippen molar-refractivity contribution in [1.82, 2.24) is 5.32 Å². The lowest BCUT2D eigenvalue weighted by molar-refractivity contribution is -0.127. The normalized spacial score (nSPS) is 15.6. The van der Waals surface area contributed by atoms with E-state index in [4.69, 9.17) is 9.84 Å². The molecule has 0 saturated carbocycles. The van der Waals surface area contributed by atoms with E-state index in [9.17, 15) is 14.0 Å². The standard InChI is InChI=1S/C17H14FNO4/c18-13-3-1-2-12-8-14(23-15(12)13)16(20)19-9-10-4-6-11(7-5-10)17(21)22/h1-7,14H,8-9H2,(H,19,20)(H,21,22). The zero-order valence-electron chi connectivity index (χ0n) is 12.1. The number of fused-ring (bicyclic) bond motifs is 1. The summed E-state index contributed by atoms with van der Waals surface area (Å²) in [5.41, 5.74) is 1.63. The summed E-state index contributed by atoms with van der Waals surface area (Å²) in [5.74, 6) is -1.66. The van der Waals surface area contributed by atoms with Crippen LogP contribution in [0.4, 0.5) is 4.39 Å². The number of benzene rings is 2. The first-order valence-corrected chi connectivity index (χ1v) is 7.08. The molecule has 118 valence electrons. The number of carboxylic acids is 1. The fraction of sp³-hybridized carbons (Fsp3) is 0.176. The highest BCUT2D eigenvalue weighted by molar-refractivity contribution is 5.87. The van der Waals surface area contributed by atoms with Crippen LogP contribution in [0, 0.1) is 5.82 Å². The molecule has 0 bridgehead atoms. The predicted octanol–water partition coefficient (Wildman–Crippen LogP) is 2.14. The molecule has 2 N–H and O–H groups in total. The fourth-order valence-electron chi connectivity index (χ4n) is 2.44. The highest BCUT2D eigenvalue weighted by Crippen LogP contribution is 2.31. The second-order valence-electron chi connectivity index (χ2n) is 5.26. The first-order valence-electron chi connectivity index (χ1n) is 7.08. The summed E-state index contributed by atoms with van der Waals surface area (Å²) < 4.78 is 19.0. The molecule has 1 aliphatic rings. The first-order chi connectivity index (χ1) is 11.0. The Kier molecular flexibility index (Phi) is 3.97. The molecule has 1 heterocycles. The van der Waals surface area contributed by atoms with Gasteiger partial charge in [-0.1, -0.05) is 24.3 Å². The van der Waals surface area contributed by atoms with Crippen LogP contribution in [0.15, 0.2) is 42.5 Å². The number of aromatic carboxylic acids is 1. The Morgan fingerprint density at radius 1 is 1.22 bits per heavy atom. The van der Waals surface area contributed by atoms with Gasteiger partial charge in [0.2, 0.25) is 0 Å². The van der Waals surface area contributed by atoms with Gasteiger partial charge in [0, 0.05) is 18.5 Å². The number of carbonyl (C=O) groups is 2. The molecule has 23 heavy (non-hydrogen) atoms. The molecule has 1 amide bonds. The third-order valence-electron chi connectivity index (χ3n) is 3.67. The monoisotopic (exact) mass is 315 g/mol. The number of para-hydroxylation sites is 1. The largest absolute Gasteiger partial charge is 0.478 e. The maximum atomic E-state index is 13.6. The average molecular weight is 315 g/mol. The molecular weight excluding hydrogens is 301 g/mol. The number of carboxylic acid groups (broad SMARTS) is 1. The van der Waals surface area contributed by atoms with Crippen molar-refractivity contribution in [1.29, 1.82) is 0 Å². The van der Waals surface area contributed by atoms with Crippen molar-refractivity contribution in [2.24, 2.45) is 0 Å². The van der Waals surface area contributed by atoms with E-state index in [1.54, 1.807) is 24.3 Å². The minimum Gasteiger partial charge on any atom is -0.478 e. The molecule has 6 heteroatoms. The van der Waals surface area contributed by atoms with Crippen LogP contribution in [0.5, 0.6) is 5.75 Å². The summed E-state index contributed by atoms with van der Waals surface area (Å²) in [7, 11) is 0. The van der Waals surface area contributed by atoms with Gasteiger partial charge in [-0.3, -0.25) is 4.79 Å². The molecule has 0 saturated heterocycles. The Balaban J connectivity index is 1.58. The molecule has 0 fully saturated rings. The average Bonchev–Trinajstić information content (AvgIpc) is 2.99. The highest BCUT2D eigenvalue weighted by atomic mass is 19.1. The van der Waals surface area contributed by atoms with Gasteiger partial charge in [-0.15, -0.1) is 0 Å². The van der Waals surface area contributed by atoms with E-state index >= 15 is 0 Å². The van der Waals surface area contributed by atoms with E-state index < -0.39 is 17.9 Å². The van der Waals surface area contributed by atoms with E-state index in [-0.39, 0.29) is 23.8 Å². The van der Waals surface area contributed by atoms with Crippen LogP contribution in [0.25, 0.3) is 0 Å². The van der Waals surface area contributed by atoms with Crippen molar-refractivity contribution in [3.63, 3.8) is 0 Å². The molecule has 3 rings (SSSR count). The second-order valence-corrected chi connectivity index (χ2v) is 5.26. The lowest BCUT2D eigenvalue weighted by Gasteiger charge is -2.11. The maximum Gasteiger partial charge on any atom is 0.335 e. The highest BCUT2D eigenvalue weighted by Gasteiger charge is 2.30. The minimum atomic E-state index is -1.00. The maximum absolute atomic E-state index is 13.6. The van der Waals surface area contributed by atoms with Crippen LogP contribution in [-0.4, -0.2) is 23.1 Å². The predicted molar refractivity (Wildman–Crippen MR) is 79.8 cm³/mol. The van der Waals surface area contributed by atoms with Gasteiger partial charge >= 0.3 is 5.97 Å². The van der Waals surface area contributed by atoms with Gasteiger partial charge in [0.25, 0.3) is 5.91 Å². The summed E-state index contributed by atoms with van der Waals surface area (Å²) in [6.07, 6.45) is -0.420. The van der Waals surface area contributed by atoms with Gasteiger partial charge in [-0.25, -0.2) is 9.18 Å². The molecule has 1 unspecified atom stereocenters. The Bertz CT molecular complexity index is 758. The Morgan fingerprint density at radius 3 is 2.61 bits per heavy atom. The Labute approximate surface area is 131 Å². The molecule has 0 radical (unpaired) electrons. The molecular formula is C17H14FNO4. The van der Waals surface area contributed by atoms with Gasteiger partial charge in [0.1, 0.15) is 0 Å². The van der Waals surface area contributed by atoms with Gasteiger partial charge in [0.05, 0.1) is 5.56 Å². The summed E-state index contributed by atoms with van der Waals surface area (Å²) in [6.45, 7) is 0.247. The van der Waals surface area contributed by atoms with Gasteiger partial charge in [-0.2, -0.15) is 0 Å². The van der Waals surface area contributed by atoms with Gasteiger partial charge < -0.3 is 15.2 Å². The number of hydrogen-bond donors (Lipinski definition) is 2. The first kappa shape index (κ1) is 15.0. The third kappa shape index (κ3) is 3.15. The topological polar surface area (TPSA) is 75.6 Å². The number of rotatable bonds is 4. The van der Waals surface area contributed by atoms with Crippen LogP contribution < -0.4 is 10.1 Å². The van der Waals surface area contributed by atoms with E-state index in [2.05, 4.69) is 5.32 Å². The lowest BCUT2D eigenvalue weighted by atomic mass is 10.1. The van der Waals surface area contributed by atoms with Gasteiger partial charge in [0.15, 0.2) is 17.7 Å². The minimum absolute atomic E-state index is 0.137. The molecule has 1 aliphatic heterocycles. The number of hydrogen-bond acceptors (Lipinski definition) is 3. The van der Waals surface area contributed by atoms with Crippen molar-refractivity contribution >= 4 is 11.9 Å².